The van der Waals surface area contributed by atoms with Crippen LogP contribution >= 0.6 is 0 Å². The van der Waals surface area contributed by atoms with Crippen LogP contribution in [-0.4, -0.2) is 10.1 Å². The van der Waals surface area contributed by atoms with E-state index in [0.717, 1.165) is 23.2 Å². The molecule has 1 aromatic heterocycles. The van der Waals surface area contributed by atoms with Gasteiger partial charge in [-0.15, -0.1) is 0 Å². The van der Waals surface area contributed by atoms with Crippen molar-refractivity contribution >= 4 is 44.3 Å². The third kappa shape index (κ3) is 5.10. The SMILES string of the molecule is C=C/C(=C\C=C/C)c1ccc2c(c1)c1cc(-c3ccc4c(c3)C3=CC=CCC3(C)N4c3ccc(-c4ccccc4)cc3)ccc1n2-c1ccccc1. The smallest absolute Gasteiger partial charge is 0.0715 e. The van der Waals surface area contributed by atoms with E-state index in [1.54, 1.807) is 0 Å². The van der Waals surface area contributed by atoms with E-state index in [4.69, 9.17) is 0 Å². The molecule has 0 N–H and O–H groups in total. The summed E-state index contributed by atoms with van der Waals surface area (Å²) in [4.78, 5) is 2.55. The van der Waals surface area contributed by atoms with Crippen LogP contribution in [0.1, 0.15) is 31.4 Å². The molecule has 0 saturated heterocycles. The van der Waals surface area contributed by atoms with E-state index in [1.807, 2.05) is 13.0 Å². The first-order valence-electron chi connectivity index (χ1n) is 18.1. The van der Waals surface area contributed by atoms with Gasteiger partial charge in [0, 0.05) is 33.4 Å². The summed E-state index contributed by atoms with van der Waals surface area (Å²) in [6.07, 6.45) is 16.0. The summed E-state index contributed by atoms with van der Waals surface area (Å²) in [5.74, 6) is 0. The Kier molecular flexibility index (Phi) is 7.74. The van der Waals surface area contributed by atoms with Gasteiger partial charge in [0.25, 0.3) is 0 Å². The van der Waals surface area contributed by atoms with Gasteiger partial charge >= 0.3 is 0 Å². The molecule has 2 heterocycles. The molecular formula is C50H40N2. The minimum absolute atomic E-state index is 0.170. The van der Waals surface area contributed by atoms with Gasteiger partial charge in [-0.25, -0.2) is 0 Å². The lowest BCUT2D eigenvalue weighted by atomic mass is 9.83. The predicted octanol–water partition coefficient (Wildman–Crippen LogP) is 13.5. The lowest BCUT2D eigenvalue weighted by Gasteiger charge is -2.39. The van der Waals surface area contributed by atoms with Gasteiger partial charge in [0.15, 0.2) is 0 Å². The van der Waals surface area contributed by atoms with E-state index < -0.39 is 0 Å². The molecule has 1 aliphatic heterocycles. The molecule has 0 radical (unpaired) electrons. The van der Waals surface area contributed by atoms with Crippen molar-refractivity contribution in [2.45, 2.75) is 25.8 Å². The summed E-state index contributed by atoms with van der Waals surface area (Å²) in [6, 6.07) is 51.2. The van der Waals surface area contributed by atoms with Crippen molar-refractivity contribution < 1.29 is 0 Å². The van der Waals surface area contributed by atoms with Crippen molar-refractivity contribution in [3.63, 3.8) is 0 Å². The summed E-state index contributed by atoms with van der Waals surface area (Å²) in [6.45, 7) is 8.55. The normalized spacial score (nSPS) is 16.8. The number of rotatable bonds is 7. The van der Waals surface area contributed by atoms with Crippen molar-refractivity contribution in [1.29, 1.82) is 0 Å². The van der Waals surface area contributed by atoms with Gasteiger partial charge in [0.05, 0.1) is 16.6 Å². The van der Waals surface area contributed by atoms with Gasteiger partial charge in [0.2, 0.25) is 0 Å². The number of aromatic nitrogens is 1. The molecule has 7 aromatic rings. The number of benzene rings is 6. The molecule has 2 heteroatoms. The van der Waals surface area contributed by atoms with Crippen LogP contribution in [0.3, 0.4) is 0 Å². The van der Waals surface area contributed by atoms with Crippen molar-refractivity contribution in [3.05, 3.63) is 200 Å². The van der Waals surface area contributed by atoms with Crippen LogP contribution in [0, 0.1) is 0 Å². The Morgan fingerprint density at radius 1 is 0.673 bits per heavy atom. The summed E-state index contributed by atoms with van der Waals surface area (Å²) in [5.41, 5.74) is 15.7. The second kappa shape index (κ2) is 12.7. The molecule has 0 saturated carbocycles. The molecule has 250 valence electrons. The topological polar surface area (TPSA) is 8.17 Å². The lowest BCUT2D eigenvalue weighted by Crippen LogP contribution is -2.40. The average molecular weight is 669 g/mol. The maximum Gasteiger partial charge on any atom is 0.0715 e. The molecule has 0 spiro atoms. The summed E-state index contributed by atoms with van der Waals surface area (Å²) in [5, 5.41) is 2.46. The standard InChI is InChI=1S/C50H40N2/c1-4-6-15-35(5-2)38-23-28-47-43(32-38)44-33-39(24-29-48(44)51(47)41-18-11-8-12-19-41)40-25-30-49-45(34-40)46-20-13-14-31-50(46,3)52(49)42-26-21-37(22-27-42)36-16-9-7-10-17-36/h4-30,32-34H,2,31H2,1,3H3/b6-4-,35-15+. The van der Waals surface area contributed by atoms with Crippen molar-refractivity contribution in [1.82, 2.24) is 4.57 Å². The zero-order valence-electron chi connectivity index (χ0n) is 29.6. The highest BCUT2D eigenvalue weighted by atomic mass is 15.2. The van der Waals surface area contributed by atoms with E-state index in [9.17, 15) is 0 Å². The second-order valence-corrected chi connectivity index (χ2v) is 14.0. The first-order valence-corrected chi connectivity index (χ1v) is 18.1. The first-order chi connectivity index (χ1) is 25.6. The third-order valence-corrected chi connectivity index (χ3v) is 10.9. The maximum atomic E-state index is 4.12. The van der Waals surface area contributed by atoms with Crippen LogP contribution in [0.2, 0.25) is 0 Å². The highest BCUT2D eigenvalue weighted by molar-refractivity contribution is 6.11. The molecule has 1 aliphatic carbocycles. The predicted molar refractivity (Wildman–Crippen MR) is 223 cm³/mol. The van der Waals surface area contributed by atoms with E-state index in [1.165, 1.54) is 66.6 Å². The average Bonchev–Trinajstić information content (AvgIpc) is 3.66. The number of fused-ring (bicyclic) bond motifs is 6. The molecule has 9 rings (SSSR count). The summed E-state index contributed by atoms with van der Waals surface area (Å²) >= 11 is 0. The number of allylic oxidation sites excluding steroid dienone is 7. The highest BCUT2D eigenvalue weighted by Gasteiger charge is 2.45. The van der Waals surface area contributed by atoms with Crippen LogP contribution < -0.4 is 4.90 Å². The number of anilines is 2. The minimum atomic E-state index is -0.170. The van der Waals surface area contributed by atoms with Gasteiger partial charge in [-0.05, 0) is 120 Å². The van der Waals surface area contributed by atoms with Gasteiger partial charge in [0.1, 0.15) is 0 Å². The van der Waals surface area contributed by atoms with Crippen LogP contribution in [0.25, 0.3) is 60.9 Å². The van der Waals surface area contributed by atoms with Crippen LogP contribution in [0.4, 0.5) is 11.4 Å². The summed E-state index contributed by atoms with van der Waals surface area (Å²) in [7, 11) is 0. The monoisotopic (exact) mass is 668 g/mol. The molecular weight excluding hydrogens is 629 g/mol. The second-order valence-electron chi connectivity index (χ2n) is 14.0. The Balaban J connectivity index is 1.18. The fourth-order valence-electron chi connectivity index (χ4n) is 8.31. The van der Waals surface area contributed by atoms with Crippen LogP contribution in [0.5, 0.6) is 0 Å². The van der Waals surface area contributed by atoms with Gasteiger partial charge < -0.3 is 9.47 Å². The van der Waals surface area contributed by atoms with E-state index in [0.29, 0.717) is 0 Å². The molecule has 0 fully saturated rings. The largest absolute Gasteiger partial charge is 0.331 e. The molecule has 1 atom stereocenters. The molecule has 2 nitrogen and oxygen atoms in total. The van der Waals surface area contributed by atoms with Crippen LogP contribution in [0.15, 0.2) is 189 Å². The lowest BCUT2D eigenvalue weighted by molar-refractivity contribution is 0.607. The van der Waals surface area contributed by atoms with Gasteiger partial charge in [-0.2, -0.15) is 0 Å². The van der Waals surface area contributed by atoms with E-state index in [2.05, 4.69) is 199 Å². The number of hydrogen-bond acceptors (Lipinski definition) is 1. The van der Waals surface area contributed by atoms with E-state index in [-0.39, 0.29) is 5.54 Å². The minimum Gasteiger partial charge on any atom is -0.331 e. The Bertz CT molecular complexity index is 2610. The van der Waals surface area contributed by atoms with Gasteiger partial charge in [-0.1, -0.05) is 128 Å². The van der Waals surface area contributed by atoms with Crippen molar-refractivity contribution in [2.24, 2.45) is 0 Å². The first kappa shape index (κ1) is 31.6. The fraction of sp³-hybridized carbons (Fsp3) is 0.0800. The number of nitrogens with zero attached hydrogens (tertiary/aromatic N) is 2. The van der Waals surface area contributed by atoms with Crippen LogP contribution in [-0.2, 0) is 0 Å². The Hall–Kier alpha value is -6.38. The van der Waals surface area contributed by atoms with E-state index >= 15 is 0 Å². The maximum absolute atomic E-state index is 4.12. The fourth-order valence-corrected chi connectivity index (χ4v) is 8.31. The number of hydrogen-bond donors (Lipinski definition) is 0. The Labute approximate surface area is 306 Å². The van der Waals surface area contributed by atoms with Crippen molar-refractivity contribution in [2.75, 3.05) is 4.90 Å². The molecule has 2 aliphatic rings. The number of para-hydroxylation sites is 1. The quantitative estimate of drug-likeness (QED) is 0.154. The molecule has 1 unspecified atom stereocenters. The highest BCUT2D eigenvalue weighted by Crippen LogP contribution is 2.54. The third-order valence-electron chi connectivity index (χ3n) is 10.9. The Morgan fingerprint density at radius 3 is 2.08 bits per heavy atom. The van der Waals surface area contributed by atoms with Crippen molar-refractivity contribution in [3.8, 4) is 27.9 Å². The molecule has 6 aromatic carbocycles. The molecule has 0 amide bonds. The Morgan fingerprint density at radius 2 is 1.33 bits per heavy atom. The molecule has 0 bridgehead atoms. The zero-order chi connectivity index (χ0) is 35.2. The summed E-state index contributed by atoms with van der Waals surface area (Å²) < 4.78 is 2.38. The zero-order valence-corrected chi connectivity index (χ0v) is 29.6. The molecule has 52 heavy (non-hydrogen) atoms. The van der Waals surface area contributed by atoms with Gasteiger partial charge in [-0.3, -0.25) is 0 Å².